The number of hydrogen-bond donors (Lipinski definition) is 0. The van der Waals surface area contributed by atoms with Crippen LogP contribution in [0.15, 0.2) is 0 Å². The molecule has 0 bridgehead atoms. The standard InChI is InChI=1S/C12H22N2O4S/c1-4-6-8-13-11(15)10(3)12(16)14(9-7-5-2)19(13,17)18/h10H,4-9H2,1-3H3. The van der Waals surface area contributed by atoms with E-state index in [1.807, 2.05) is 13.8 Å². The van der Waals surface area contributed by atoms with Crippen LogP contribution in [0.1, 0.15) is 46.5 Å². The first-order valence-corrected chi connectivity index (χ1v) is 8.15. The number of carbonyl (C=O) groups excluding carboxylic acids is 2. The van der Waals surface area contributed by atoms with Crippen molar-refractivity contribution in [2.75, 3.05) is 13.1 Å². The molecule has 2 amide bonds. The summed E-state index contributed by atoms with van der Waals surface area (Å²) >= 11 is 0. The second-order valence-corrected chi connectivity index (χ2v) is 6.53. The second-order valence-electron chi connectivity index (χ2n) is 4.76. The molecular weight excluding hydrogens is 268 g/mol. The fraction of sp³-hybridized carbons (Fsp3) is 0.833. The quantitative estimate of drug-likeness (QED) is 0.687. The van der Waals surface area contributed by atoms with Crippen LogP contribution in [0.3, 0.4) is 0 Å². The van der Waals surface area contributed by atoms with Gasteiger partial charge in [-0.05, 0) is 19.8 Å². The smallest absolute Gasteiger partial charge is 0.273 e. The molecule has 0 aromatic heterocycles. The van der Waals surface area contributed by atoms with E-state index in [2.05, 4.69) is 0 Å². The summed E-state index contributed by atoms with van der Waals surface area (Å²) in [4.78, 5) is 24.0. The van der Waals surface area contributed by atoms with Crippen molar-refractivity contribution in [2.45, 2.75) is 46.5 Å². The van der Waals surface area contributed by atoms with Crippen LogP contribution in [0.5, 0.6) is 0 Å². The Balaban J connectivity index is 3.04. The summed E-state index contributed by atoms with van der Waals surface area (Å²) in [7, 11) is -3.97. The van der Waals surface area contributed by atoms with Gasteiger partial charge in [-0.15, -0.1) is 0 Å². The van der Waals surface area contributed by atoms with Crippen LogP contribution >= 0.6 is 0 Å². The van der Waals surface area contributed by atoms with Gasteiger partial charge in [0.05, 0.1) is 0 Å². The lowest BCUT2D eigenvalue weighted by atomic mass is 10.1. The first-order chi connectivity index (χ1) is 8.87. The van der Waals surface area contributed by atoms with Gasteiger partial charge >= 0.3 is 10.2 Å². The molecule has 0 radical (unpaired) electrons. The van der Waals surface area contributed by atoms with Crippen molar-refractivity contribution in [2.24, 2.45) is 5.92 Å². The van der Waals surface area contributed by atoms with Gasteiger partial charge in [0.25, 0.3) is 0 Å². The maximum absolute atomic E-state index is 12.3. The molecule has 1 saturated heterocycles. The van der Waals surface area contributed by atoms with Crippen LogP contribution in [0.2, 0.25) is 0 Å². The predicted molar refractivity (Wildman–Crippen MR) is 71.3 cm³/mol. The monoisotopic (exact) mass is 290 g/mol. The highest BCUT2D eigenvalue weighted by Crippen LogP contribution is 2.23. The molecule has 0 unspecified atom stereocenters. The summed E-state index contributed by atoms with van der Waals surface area (Å²) in [5.41, 5.74) is 0. The largest absolute Gasteiger partial charge is 0.330 e. The number of rotatable bonds is 6. The van der Waals surface area contributed by atoms with E-state index in [0.717, 1.165) is 21.5 Å². The molecule has 19 heavy (non-hydrogen) atoms. The van der Waals surface area contributed by atoms with Crippen LogP contribution in [-0.4, -0.2) is 41.9 Å². The number of hydrogen-bond acceptors (Lipinski definition) is 4. The van der Waals surface area contributed by atoms with E-state index >= 15 is 0 Å². The van der Waals surface area contributed by atoms with Crippen molar-refractivity contribution >= 4 is 22.0 Å². The number of amides is 2. The van der Waals surface area contributed by atoms with Crippen LogP contribution in [0.25, 0.3) is 0 Å². The molecule has 0 aliphatic carbocycles. The molecule has 0 N–H and O–H groups in total. The number of carbonyl (C=O) groups is 2. The molecule has 0 spiro atoms. The van der Waals surface area contributed by atoms with Gasteiger partial charge in [-0.3, -0.25) is 9.59 Å². The van der Waals surface area contributed by atoms with E-state index in [0.29, 0.717) is 12.8 Å². The van der Waals surface area contributed by atoms with Crippen molar-refractivity contribution in [3.05, 3.63) is 0 Å². The van der Waals surface area contributed by atoms with E-state index in [1.54, 1.807) is 0 Å². The van der Waals surface area contributed by atoms with Gasteiger partial charge in [-0.1, -0.05) is 26.7 Å². The van der Waals surface area contributed by atoms with E-state index in [-0.39, 0.29) is 13.1 Å². The number of nitrogens with zero attached hydrogens (tertiary/aromatic N) is 2. The SMILES string of the molecule is CCCCN1C(=O)C(C)C(=O)N(CCCC)S1(=O)=O. The lowest BCUT2D eigenvalue weighted by Gasteiger charge is -2.37. The molecule has 1 aliphatic rings. The highest BCUT2D eigenvalue weighted by molar-refractivity contribution is 7.88. The lowest BCUT2D eigenvalue weighted by Crippen LogP contribution is -2.59. The molecular formula is C12H22N2O4S. The van der Waals surface area contributed by atoms with Crippen molar-refractivity contribution in [1.82, 2.24) is 8.61 Å². The predicted octanol–water partition coefficient (Wildman–Crippen LogP) is 1.14. The van der Waals surface area contributed by atoms with Crippen molar-refractivity contribution in [3.63, 3.8) is 0 Å². The summed E-state index contributed by atoms with van der Waals surface area (Å²) in [6.45, 7) is 5.61. The minimum absolute atomic E-state index is 0.151. The Bertz CT molecular complexity index is 413. The lowest BCUT2D eigenvalue weighted by molar-refractivity contribution is -0.144. The average Bonchev–Trinajstić information content (AvgIpc) is 2.36. The van der Waals surface area contributed by atoms with Crippen molar-refractivity contribution in [1.29, 1.82) is 0 Å². The van der Waals surface area contributed by atoms with Gasteiger partial charge in [-0.2, -0.15) is 8.42 Å². The van der Waals surface area contributed by atoms with Gasteiger partial charge in [0.2, 0.25) is 11.8 Å². The van der Waals surface area contributed by atoms with Crippen molar-refractivity contribution in [3.8, 4) is 0 Å². The van der Waals surface area contributed by atoms with Crippen LogP contribution in [0.4, 0.5) is 0 Å². The Kier molecular flexibility index (Phi) is 5.34. The first kappa shape index (κ1) is 15.9. The van der Waals surface area contributed by atoms with Gasteiger partial charge < -0.3 is 0 Å². The van der Waals surface area contributed by atoms with E-state index in [4.69, 9.17) is 0 Å². The van der Waals surface area contributed by atoms with Crippen molar-refractivity contribution < 1.29 is 18.0 Å². The fourth-order valence-corrected chi connectivity index (χ4v) is 3.67. The van der Waals surface area contributed by atoms with Crippen LogP contribution in [-0.2, 0) is 19.8 Å². The second kappa shape index (κ2) is 6.36. The maximum atomic E-state index is 12.3. The Morgan fingerprint density at radius 3 is 1.63 bits per heavy atom. The Labute approximate surface area is 114 Å². The molecule has 1 heterocycles. The molecule has 0 atom stereocenters. The fourth-order valence-electron chi connectivity index (χ4n) is 1.94. The van der Waals surface area contributed by atoms with Gasteiger partial charge in [-0.25, -0.2) is 8.61 Å². The highest BCUT2D eigenvalue weighted by atomic mass is 32.2. The Hall–Kier alpha value is -1.11. The normalized spacial score (nSPS) is 20.2. The summed E-state index contributed by atoms with van der Waals surface area (Å²) < 4.78 is 26.3. The Morgan fingerprint density at radius 2 is 1.32 bits per heavy atom. The first-order valence-electron chi connectivity index (χ1n) is 6.76. The van der Waals surface area contributed by atoms with Gasteiger partial charge in [0.15, 0.2) is 0 Å². The highest BCUT2D eigenvalue weighted by Gasteiger charge is 2.46. The van der Waals surface area contributed by atoms with Gasteiger partial charge in [0, 0.05) is 13.1 Å². The molecule has 1 rings (SSSR count). The third-order valence-corrected chi connectivity index (χ3v) is 5.06. The zero-order valence-electron chi connectivity index (χ0n) is 11.8. The third kappa shape index (κ3) is 3.08. The Morgan fingerprint density at radius 1 is 0.947 bits per heavy atom. The minimum Gasteiger partial charge on any atom is -0.273 e. The van der Waals surface area contributed by atoms with E-state index < -0.39 is 27.9 Å². The summed E-state index contributed by atoms with van der Waals surface area (Å²) in [5, 5.41) is 0. The zero-order valence-corrected chi connectivity index (χ0v) is 12.6. The van der Waals surface area contributed by atoms with E-state index in [9.17, 15) is 18.0 Å². The number of unbranched alkanes of at least 4 members (excludes halogenated alkanes) is 2. The molecule has 1 aliphatic heterocycles. The molecule has 7 heteroatoms. The topological polar surface area (TPSA) is 74.8 Å². The maximum Gasteiger partial charge on any atom is 0.330 e. The molecule has 1 fully saturated rings. The summed E-state index contributed by atoms with van der Waals surface area (Å²) in [6, 6.07) is 0. The molecule has 0 aromatic rings. The van der Waals surface area contributed by atoms with Crippen LogP contribution in [0, 0.1) is 5.92 Å². The van der Waals surface area contributed by atoms with Crippen LogP contribution < -0.4 is 0 Å². The zero-order chi connectivity index (χ0) is 14.6. The summed E-state index contributed by atoms with van der Waals surface area (Å²) in [5.74, 6) is -2.12. The third-order valence-electron chi connectivity index (χ3n) is 3.22. The molecule has 0 aromatic carbocycles. The molecule has 110 valence electrons. The average molecular weight is 290 g/mol. The van der Waals surface area contributed by atoms with E-state index in [1.165, 1.54) is 6.92 Å². The molecule has 6 nitrogen and oxygen atoms in total. The minimum atomic E-state index is -3.97. The molecule has 0 saturated carbocycles. The van der Waals surface area contributed by atoms with Gasteiger partial charge in [0.1, 0.15) is 5.92 Å². The summed E-state index contributed by atoms with van der Waals surface area (Å²) in [6.07, 6.45) is 2.79.